The van der Waals surface area contributed by atoms with E-state index < -0.39 is 0 Å². The predicted octanol–water partition coefficient (Wildman–Crippen LogP) is 2.98. The minimum Gasteiger partial charge on any atom is -0.508 e. The Balaban J connectivity index is 0.00000112. The molecule has 1 N–H and O–H groups in total. The summed E-state index contributed by atoms with van der Waals surface area (Å²) >= 11 is 0. The van der Waals surface area contributed by atoms with E-state index in [1.165, 1.54) is 0 Å². The van der Waals surface area contributed by atoms with Crippen molar-refractivity contribution < 1.29 is 41.0 Å². The van der Waals surface area contributed by atoms with E-state index in [1.807, 2.05) is 18.2 Å². The summed E-state index contributed by atoms with van der Waals surface area (Å²) in [7, 11) is 0. The van der Waals surface area contributed by atoms with E-state index in [2.05, 4.69) is 6.07 Å². The fraction of sp³-hybridized carbons (Fsp3) is 0. The van der Waals surface area contributed by atoms with Gasteiger partial charge < -0.3 is 9.84 Å². The summed E-state index contributed by atoms with van der Waals surface area (Å²) < 4.78 is 5.44. The summed E-state index contributed by atoms with van der Waals surface area (Å²) in [5, 5.41) is 9.20. The maximum absolute atomic E-state index is 9.20. The molecule has 2 aromatic carbocycles. The van der Waals surface area contributed by atoms with Gasteiger partial charge in [-0.1, -0.05) is 6.07 Å². The molecule has 0 heterocycles. The van der Waals surface area contributed by atoms with E-state index >= 15 is 0 Å². The summed E-state index contributed by atoms with van der Waals surface area (Å²) in [6.45, 7) is 0. The van der Waals surface area contributed by atoms with Crippen molar-refractivity contribution in [1.82, 2.24) is 0 Å². The first-order chi connectivity index (χ1) is 6.84. The number of para-hydroxylation sites is 1. The van der Waals surface area contributed by atoms with E-state index in [9.17, 15) is 5.11 Å². The van der Waals surface area contributed by atoms with Crippen molar-refractivity contribution in [3.05, 3.63) is 54.6 Å². The van der Waals surface area contributed by atoms with Crippen LogP contribution < -0.4 is 4.74 Å². The number of aromatic hydroxyl groups is 1. The van der Waals surface area contributed by atoms with Crippen LogP contribution in [0.1, 0.15) is 0 Å². The molecule has 0 amide bonds. The van der Waals surface area contributed by atoms with Crippen LogP contribution in [0.2, 0.25) is 0 Å². The van der Waals surface area contributed by atoms with Crippen LogP contribution in [0.4, 0.5) is 0 Å². The monoisotopic (exact) mass is 423 g/mol. The van der Waals surface area contributed by atoms with Crippen molar-refractivity contribution in [2.45, 2.75) is 0 Å². The second kappa shape index (κ2) is 5.85. The van der Waals surface area contributed by atoms with Gasteiger partial charge in [0.2, 0.25) is 0 Å². The van der Waals surface area contributed by atoms with Gasteiger partial charge in [-0.2, -0.15) is 18.2 Å². The Kier molecular flexibility index (Phi) is 4.74. The third-order valence-electron chi connectivity index (χ3n) is 1.73. The Labute approximate surface area is 112 Å². The molecule has 0 aliphatic carbocycles. The summed E-state index contributed by atoms with van der Waals surface area (Å²) in [6, 6.07) is 16.9. The van der Waals surface area contributed by atoms with Crippen molar-refractivity contribution in [2.24, 2.45) is 0 Å². The number of phenolic OH excluding ortho intramolecular Hbond substituents is 1. The van der Waals surface area contributed by atoms with Crippen molar-refractivity contribution in [1.29, 1.82) is 0 Å². The van der Waals surface area contributed by atoms with Crippen LogP contribution in [0, 0.1) is 37.2 Å². The van der Waals surface area contributed by atoms with Crippen LogP contribution in [0.3, 0.4) is 0 Å². The number of ether oxygens (including phenoxy) is 1. The Morgan fingerprint density at radius 3 is 2.60 bits per heavy atom. The number of phenols is 1. The first-order valence-corrected chi connectivity index (χ1v) is 4.28. The van der Waals surface area contributed by atoms with Gasteiger partial charge in [0.25, 0.3) is 0 Å². The quantitative estimate of drug-likeness (QED) is 0.753. The fourth-order valence-corrected chi connectivity index (χ4v) is 1.11. The Morgan fingerprint density at radius 1 is 1.07 bits per heavy atom. The van der Waals surface area contributed by atoms with Gasteiger partial charge in [0.1, 0.15) is 11.5 Å². The standard InChI is InChI=1S/C12H9O2.U/c13-10-5-4-8-12(9-10)14-11-6-2-1-3-7-11;/h1-6,8-9,13H;/q-1;. The summed E-state index contributed by atoms with van der Waals surface area (Å²) in [5.41, 5.74) is 0. The van der Waals surface area contributed by atoms with Crippen LogP contribution in [0.25, 0.3) is 0 Å². The van der Waals surface area contributed by atoms with E-state index in [0.717, 1.165) is 0 Å². The van der Waals surface area contributed by atoms with Gasteiger partial charge in [-0.15, -0.1) is 12.1 Å². The van der Waals surface area contributed by atoms with Gasteiger partial charge in [-0.3, -0.25) is 0 Å². The van der Waals surface area contributed by atoms with Gasteiger partial charge in [-0.25, -0.2) is 0 Å². The number of benzene rings is 2. The predicted molar refractivity (Wildman–Crippen MR) is 53.5 cm³/mol. The maximum Gasteiger partial charge on any atom is 0.127 e. The second-order valence-corrected chi connectivity index (χ2v) is 2.83. The van der Waals surface area contributed by atoms with Crippen molar-refractivity contribution in [3.63, 3.8) is 0 Å². The molecule has 15 heavy (non-hydrogen) atoms. The minimum atomic E-state index is 0. The van der Waals surface area contributed by atoms with Gasteiger partial charge in [-0.05, 0) is 12.1 Å². The van der Waals surface area contributed by atoms with Crippen LogP contribution in [0.5, 0.6) is 17.2 Å². The Bertz CT molecular complexity index is 415. The van der Waals surface area contributed by atoms with Crippen LogP contribution in [0.15, 0.2) is 48.5 Å². The first kappa shape index (κ1) is 12.2. The molecule has 2 nitrogen and oxygen atoms in total. The summed E-state index contributed by atoms with van der Waals surface area (Å²) in [5.74, 6) is 1.43. The molecule has 0 aliphatic rings. The minimum absolute atomic E-state index is 0. The van der Waals surface area contributed by atoms with Crippen LogP contribution in [-0.2, 0) is 0 Å². The molecule has 0 saturated carbocycles. The van der Waals surface area contributed by atoms with Gasteiger partial charge >= 0.3 is 0 Å². The normalized spacial score (nSPS) is 9.07. The number of hydrogen-bond acceptors (Lipinski definition) is 2. The molecule has 0 unspecified atom stereocenters. The van der Waals surface area contributed by atoms with Gasteiger partial charge in [0, 0.05) is 42.9 Å². The second-order valence-electron chi connectivity index (χ2n) is 2.83. The van der Waals surface area contributed by atoms with E-state index in [-0.39, 0.29) is 36.9 Å². The maximum atomic E-state index is 9.20. The zero-order chi connectivity index (χ0) is 9.80. The van der Waals surface area contributed by atoms with Crippen molar-refractivity contribution >= 4 is 0 Å². The summed E-state index contributed by atoms with van der Waals surface area (Å²) in [4.78, 5) is 0. The topological polar surface area (TPSA) is 29.5 Å². The molecule has 2 rings (SSSR count). The molecule has 0 atom stereocenters. The molecule has 0 saturated heterocycles. The Hall–Kier alpha value is -0.908. The molecule has 74 valence electrons. The van der Waals surface area contributed by atoms with Crippen molar-refractivity contribution in [2.75, 3.05) is 0 Å². The molecule has 3 heteroatoms. The smallest absolute Gasteiger partial charge is 0.127 e. The first-order valence-electron chi connectivity index (χ1n) is 4.28. The van der Waals surface area contributed by atoms with E-state index in [0.29, 0.717) is 11.5 Å². The number of hydrogen-bond donors (Lipinski definition) is 1. The third kappa shape index (κ3) is 3.62. The molecular formula is C12H9O2U-. The zero-order valence-electron chi connectivity index (χ0n) is 7.97. The van der Waals surface area contributed by atoms with E-state index in [4.69, 9.17) is 4.74 Å². The zero-order valence-corrected chi connectivity index (χ0v) is 12.1. The van der Waals surface area contributed by atoms with Gasteiger partial charge in [0.05, 0.1) is 0 Å². The molecule has 2 aromatic rings. The van der Waals surface area contributed by atoms with Crippen LogP contribution >= 0.6 is 0 Å². The van der Waals surface area contributed by atoms with Crippen LogP contribution in [-0.4, -0.2) is 5.11 Å². The van der Waals surface area contributed by atoms with Gasteiger partial charge in [0.15, 0.2) is 0 Å². The largest absolute Gasteiger partial charge is 0.508 e. The summed E-state index contributed by atoms with van der Waals surface area (Å²) in [6.07, 6.45) is 0. The number of rotatable bonds is 2. The molecule has 0 aliphatic heterocycles. The molecule has 0 bridgehead atoms. The SMILES string of the molecule is Oc1cccc(Oc2[c-]cccc2)c1.[U]. The fourth-order valence-electron chi connectivity index (χ4n) is 1.11. The molecule has 0 aromatic heterocycles. The van der Waals surface area contributed by atoms with Crippen molar-refractivity contribution in [3.8, 4) is 17.2 Å². The average Bonchev–Trinajstić information content (AvgIpc) is 2.19. The Morgan fingerprint density at radius 2 is 1.93 bits per heavy atom. The molecular weight excluding hydrogens is 414 g/mol. The molecule has 0 radical (unpaired) electrons. The molecule has 0 fully saturated rings. The molecule has 0 spiro atoms. The third-order valence-corrected chi connectivity index (χ3v) is 1.73. The van der Waals surface area contributed by atoms with E-state index in [1.54, 1.807) is 30.3 Å². The average molecular weight is 423 g/mol.